The highest BCUT2D eigenvalue weighted by Gasteiger charge is 2.06. The summed E-state index contributed by atoms with van der Waals surface area (Å²) in [6, 6.07) is 14.1. The predicted molar refractivity (Wildman–Crippen MR) is 106 cm³/mol. The monoisotopic (exact) mass is 377 g/mol. The standard InChI is InChI=1S/C20H23N7O/c1-16-7-9-17(10-8-16)20-14-27(26-24-20)13-18-5-4-6-19(23-18)15-28-12-3-2-11-22-25-21/h4-10,14H,2-3,11-13,15H2,1H3. The lowest BCUT2D eigenvalue weighted by molar-refractivity contribution is 0.115. The molecular weight excluding hydrogens is 354 g/mol. The third-order valence-electron chi connectivity index (χ3n) is 4.18. The lowest BCUT2D eigenvalue weighted by atomic mass is 10.1. The van der Waals surface area contributed by atoms with Crippen LogP contribution in [0.15, 0.2) is 53.8 Å². The summed E-state index contributed by atoms with van der Waals surface area (Å²) in [6.45, 7) is 4.21. The van der Waals surface area contributed by atoms with Gasteiger partial charge < -0.3 is 4.74 Å². The fourth-order valence-corrected chi connectivity index (χ4v) is 2.70. The normalized spacial score (nSPS) is 10.6. The number of hydrogen-bond acceptors (Lipinski definition) is 5. The molecule has 0 amide bonds. The highest BCUT2D eigenvalue weighted by atomic mass is 16.5. The highest BCUT2D eigenvalue weighted by molar-refractivity contribution is 5.57. The molecule has 0 unspecified atom stereocenters. The zero-order valence-electron chi connectivity index (χ0n) is 15.9. The van der Waals surface area contributed by atoms with E-state index in [1.807, 2.05) is 36.5 Å². The van der Waals surface area contributed by atoms with Crippen molar-refractivity contribution in [2.75, 3.05) is 13.2 Å². The summed E-state index contributed by atoms with van der Waals surface area (Å²) in [6.07, 6.45) is 3.62. The van der Waals surface area contributed by atoms with Crippen LogP contribution in [-0.2, 0) is 17.9 Å². The summed E-state index contributed by atoms with van der Waals surface area (Å²) in [5, 5.41) is 12.0. The van der Waals surface area contributed by atoms with Gasteiger partial charge in [-0.1, -0.05) is 46.2 Å². The van der Waals surface area contributed by atoms with Gasteiger partial charge in [0.2, 0.25) is 0 Å². The summed E-state index contributed by atoms with van der Waals surface area (Å²) in [4.78, 5) is 7.36. The Hall–Kier alpha value is -3.22. The van der Waals surface area contributed by atoms with Crippen LogP contribution in [0.25, 0.3) is 21.7 Å². The van der Waals surface area contributed by atoms with Crippen molar-refractivity contribution in [1.29, 1.82) is 0 Å². The molecule has 144 valence electrons. The number of benzene rings is 1. The molecule has 2 aromatic heterocycles. The average molecular weight is 377 g/mol. The first kappa shape index (κ1) is 19.5. The number of unbranched alkanes of at least 4 members (excludes halogenated alkanes) is 1. The van der Waals surface area contributed by atoms with Gasteiger partial charge in [0.1, 0.15) is 5.69 Å². The number of ether oxygens (including phenoxy) is 1. The smallest absolute Gasteiger partial charge is 0.113 e. The van der Waals surface area contributed by atoms with Crippen LogP contribution >= 0.6 is 0 Å². The van der Waals surface area contributed by atoms with Crippen LogP contribution in [0.1, 0.15) is 29.8 Å². The van der Waals surface area contributed by atoms with Crippen molar-refractivity contribution in [2.24, 2.45) is 5.11 Å². The molecule has 0 bridgehead atoms. The molecule has 2 heterocycles. The largest absolute Gasteiger partial charge is 0.375 e. The van der Waals surface area contributed by atoms with Crippen molar-refractivity contribution in [1.82, 2.24) is 20.0 Å². The Bertz CT molecular complexity index is 930. The first-order valence-electron chi connectivity index (χ1n) is 9.25. The Morgan fingerprint density at radius 3 is 2.75 bits per heavy atom. The minimum Gasteiger partial charge on any atom is -0.375 e. The second kappa shape index (κ2) is 10.2. The van der Waals surface area contributed by atoms with E-state index in [1.54, 1.807) is 4.68 Å². The zero-order valence-corrected chi connectivity index (χ0v) is 15.9. The van der Waals surface area contributed by atoms with Gasteiger partial charge in [-0.25, -0.2) is 4.68 Å². The number of nitrogens with zero attached hydrogens (tertiary/aromatic N) is 7. The van der Waals surface area contributed by atoms with Gasteiger partial charge in [0.15, 0.2) is 0 Å². The molecule has 3 rings (SSSR count). The Labute approximate surface area is 163 Å². The van der Waals surface area contributed by atoms with E-state index in [0.717, 1.165) is 35.5 Å². The minimum absolute atomic E-state index is 0.460. The summed E-state index contributed by atoms with van der Waals surface area (Å²) >= 11 is 0. The van der Waals surface area contributed by atoms with E-state index in [0.29, 0.717) is 26.3 Å². The lowest BCUT2D eigenvalue weighted by Crippen LogP contribution is -2.05. The van der Waals surface area contributed by atoms with Crippen LogP contribution in [-0.4, -0.2) is 33.1 Å². The van der Waals surface area contributed by atoms with Gasteiger partial charge in [0.25, 0.3) is 0 Å². The average Bonchev–Trinajstić information content (AvgIpc) is 3.16. The molecule has 0 aliphatic rings. The molecule has 0 spiro atoms. The first-order valence-corrected chi connectivity index (χ1v) is 9.25. The summed E-state index contributed by atoms with van der Waals surface area (Å²) in [5.41, 5.74) is 13.1. The van der Waals surface area contributed by atoms with Crippen LogP contribution in [0.3, 0.4) is 0 Å². The van der Waals surface area contributed by atoms with Crippen molar-refractivity contribution in [3.63, 3.8) is 0 Å². The van der Waals surface area contributed by atoms with Crippen LogP contribution in [0.5, 0.6) is 0 Å². The second-order valence-corrected chi connectivity index (χ2v) is 6.50. The molecule has 0 saturated heterocycles. The molecule has 8 nitrogen and oxygen atoms in total. The third-order valence-corrected chi connectivity index (χ3v) is 4.18. The van der Waals surface area contributed by atoms with E-state index in [9.17, 15) is 0 Å². The Morgan fingerprint density at radius 2 is 1.93 bits per heavy atom. The minimum atomic E-state index is 0.460. The Kier molecular flexibility index (Phi) is 7.12. The molecule has 0 aliphatic heterocycles. The van der Waals surface area contributed by atoms with Crippen molar-refractivity contribution in [3.05, 3.63) is 76.1 Å². The summed E-state index contributed by atoms with van der Waals surface area (Å²) < 4.78 is 7.43. The van der Waals surface area contributed by atoms with Crippen LogP contribution in [0, 0.1) is 6.92 Å². The fraction of sp³-hybridized carbons (Fsp3) is 0.350. The van der Waals surface area contributed by atoms with Crippen molar-refractivity contribution < 1.29 is 4.74 Å². The number of aryl methyl sites for hydroxylation is 1. The van der Waals surface area contributed by atoms with E-state index >= 15 is 0 Å². The molecule has 0 radical (unpaired) electrons. The van der Waals surface area contributed by atoms with Crippen molar-refractivity contribution in [3.8, 4) is 11.3 Å². The first-order chi connectivity index (χ1) is 13.7. The number of pyridine rings is 1. The molecule has 0 atom stereocenters. The second-order valence-electron chi connectivity index (χ2n) is 6.50. The number of hydrogen-bond donors (Lipinski definition) is 0. The topological polar surface area (TPSA) is 102 Å². The third kappa shape index (κ3) is 5.90. The van der Waals surface area contributed by atoms with Gasteiger partial charge in [-0.05, 0) is 37.4 Å². The molecule has 28 heavy (non-hydrogen) atoms. The summed E-state index contributed by atoms with van der Waals surface area (Å²) in [5.74, 6) is 0. The molecule has 0 N–H and O–H groups in total. The Morgan fingerprint density at radius 1 is 1.11 bits per heavy atom. The van der Waals surface area contributed by atoms with Crippen molar-refractivity contribution >= 4 is 0 Å². The quantitative estimate of drug-likeness (QED) is 0.227. The van der Waals surface area contributed by atoms with Crippen molar-refractivity contribution in [2.45, 2.75) is 32.9 Å². The van der Waals surface area contributed by atoms with Gasteiger partial charge in [-0.3, -0.25) is 4.98 Å². The maximum absolute atomic E-state index is 8.23. The number of rotatable bonds is 10. The zero-order chi connectivity index (χ0) is 19.6. The van der Waals surface area contributed by atoms with Crippen LogP contribution < -0.4 is 0 Å². The van der Waals surface area contributed by atoms with Gasteiger partial charge in [0, 0.05) is 23.6 Å². The highest BCUT2D eigenvalue weighted by Crippen LogP contribution is 2.16. The van der Waals surface area contributed by atoms with E-state index in [1.165, 1.54) is 5.56 Å². The fourth-order valence-electron chi connectivity index (χ4n) is 2.70. The maximum Gasteiger partial charge on any atom is 0.113 e. The molecule has 0 aliphatic carbocycles. The summed E-state index contributed by atoms with van der Waals surface area (Å²) in [7, 11) is 0. The van der Waals surface area contributed by atoms with E-state index in [4.69, 9.17) is 10.3 Å². The van der Waals surface area contributed by atoms with E-state index in [-0.39, 0.29) is 0 Å². The van der Waals surface area contributed by atoms with E-state index < -0.39 is 0 Å². The molecule has 1 aromatic carbocycles. The van der Waals surface area contributed by atoms with Crippen LogP contribution in [0.2, 0.25) is 0 Å². The lowest BCUT2D eigenvalue weighted by Gasteiger charge is -2.06. The van der Waals surface area contributed by atoms with Gasteiger partial charge in [-0.15, -0.1) is 5.10 Å². The number of aromatic nitrogens is 4. The van der Waals surface area contributed by atoms with Gasteiger partial charge >= 0.3 is 0 Å². The molecular formula is C20H23N7O. The molecule has 0 saturated carbocycles. The maximum atomic E-state index is 8.23. The van der Waals surface area contributed by atoms with Crippen LogP contribution in [0.4, 0.5) is 0 Å². The molecule has 3 aromatic rings. The molecule has 8 heteroatoms. The van der Waals surface area contributed by atoms with Gasteiger partial charge in [-0.2, -0.15) is 0 Å². The number of azide groups is 1. The SMILES string of the molecule is Cc1ccc(-c2cn(Cc3cccc(COCCCCN=[N+]=[N-])n3)nn2)cc1. The Balaban J connectivity index is 1.52. The molecule has 0 fully saturated rings. The predicted octanol–water partition coefficient (Wildman–Crippen LogP) is 4.30. The van der Waals surface area contributed by atoms with Gasteiger partial charge in [0.05, 0.1) is 30.7 Å². The van der Waals surface area contributed by atoms with E-state index in [2.05, 4.69) is 44.4 Å².